The van der Waals surface area contributed by atoms with E-state index in [1.54, 1.807) is 0 Å². The van der Waals surface area contributed by atoms with Gasteiger partial charge in [0.25, 0.3) is 0 Å². The Morgan fingerprint density at radius 3 is 2.94 bits per heavy atom. The van der Waals surface area contributed by atoms with E-state index in [9.17, 15) is 9.18 Å². The minimum Gasteiger partial charge on any atom is -0.490 e. The van der Waals surface area contributed by atoms with Crippen molar-refractivity contribution < 1.29 is 19.0 Å². The molecule has 0 radical (unpaired) electrons. The fourth-order valence-corrected chi connectivity index (χ4v) is 1.68. The molecule has 1 N–H and O–H groups in total. The molecule has 1 aliphatic rings. The highest BCUT2D eigenvalue weighted by Gasteiger charge is 2.43. The van der Waals surface area contributed by atoms with Gasteiger partial charge in [-0.05, 0) is 24.6 Å². The second kappa shape index (κ2) is 4.29. The van der Waals surface area contributed by atoms with E-state index in [1.165, 1.54) is 18.2 Å². The van der Waals surface area contributed by atoms with E-state index >= 15 is 0 Å². The van der Waals surface area contributed by atoms with Crippen molar-refractivity contribution >= 4 is 17.6 Å². The molecule has 2 rings (SSSR count). The van der Waals surface area contributed by atoms with Crippen LogP contribution in [0.2, 0.25) is 5.02 Å². The maximum absolute atomic E-state index is 13.3. The van der Waals surface area contributed by atoms with Crippen LogP contribution in [0, 0.1) is 17.7 Å². The van der Waals surface area contributed by atoms with Crippen molar-refractivity contribution in [1.82, 2.24) is 0 Å². The number of carboxylic acids is 1. The Hall–Kier alpha value is -1.29. The summed E-state index contributed by atoms with van der Waals surface area (Å²) in [5.41, 5.74) is 0. The average molecular weight is 245 g/mol. The van der Waals surface area contributed by atoms with Gasteiger partial charge in [0.15, 0.2) is 11.6 Å². The highest BCUT2D eigenvalue weighted by Crippen LogP contribution is 2.39. The molecule has 1 aromatic carbocycles. The zero-order valence-corrected chi connectivity index (χ0v) is 9.08. The van der Waals surface area contributed by atoms with Crippen molar-refractivity contribution in [3.63, 3.8) is 0 Å². The average Bonchev–Trinajstić information content (AvgIpc) is 2.96. The van der Waals surface area contributed by atoms with Crippen LogP contribution in [0.3, 0.4) is 0 Å². The zero-order chi connectivity index (χ0) is 11.7. The molecule has 1 aromatic rings. The third-order valence-electron chi connectivity index (χ3n) is 2.59. The van der Waals surface area contributed by atoms with E-state index in [0.29, 0.717) is 11.4 Å². The maximum atomic E-state index is 13.3. The van der Waals surface area contributed by atoms with Crippen molar-refractivity contribution in [2.24, 2.45) is 11.8 Å². The number of benzene rings is 1. The normalized spacial score (nSPS) is 22.9. The van der Waals surface area contributed by atoms with E-state index in [0.717, 1.165) is 0 Å². The molecule has 0 heterocycles. The van der Waals surface area contributed by atoms with Gasteiger partial charge < -0.3 is 9.84 Å². The predicted molar refractivity (Wildman–Crippen MR) is 56.1 cm³/mol. The fraction of sp³-hybridized carbons (Fsp3) is 0.364. The van der Waals surface area contributed by atoms with Crippen molar-refractivity contribution in [2.75, 3.05) is 6.61 Å². The summed E-state index contributed by atoms with van der Waals surface area (Å²) >= 11 is 5.58. The Morgan fingerprint density at radius 2 is 2.38 bits per heavy atom. The summed E-state index contributed by atoms with van der Waals surface area (Å²) in [6, 6.07) is 4.13. The molecule has 0 bridgehead atoms. The van der Waals surface area contributed by atoms with E-state index in [4.69, 9.17) is 21.4 Å². The Labute approximate surface area is 96.8 Å². The highest BCUT2D eigenvalue weighted by molar-refractivity contribution is 6.30. The van der Waals surface area contributed by atoms with Crippen LogP contribution >= 0.6 is 11.6 Å². The molecular weight excluding hydrogens is 235 g/mol. The lowest BCUT2D eigenvalue weighted by Gasteiger charge is -2.06. The smallest absolute Gasteiger partial charge is 0.306 e. The first-order valence-corrected chi connectivity index (χ1v) is 5.26. The third-order valence-corrected chi connectivity index (χ3v) is 2.82. The van der Waals surface area contributed by atoms with Crippen molar-refractivity contribution in [1.29, 1.82) is 0 Å². The quantitative estimate of drug-likeness (QED) is 0.886. The summed E-state index contributed by atoms with van der Waals surface area (Å²) in [5, 5.41) is 8.97. The van der Waals surface area contributed by atoms with Crippen LogP contribution in [0.25, 0.3) is 0 Å². The molecule has 16 heavy (non-hydrogen) atoms. The first-order chi connectivity index (χ1) is 7.58. The molecule has 0 spiro atoms. The van der Waals surface area contributed by atoms with Crippen LogP contribution in [0.4, 0.5) is 4.39 Å². The number of hydrogen-bond acceptors (Lipinski definition) is 2. The topological polar surface area (TPSA) is 46.5 Å². The molecule has 0 saturated heterocycles. The van der Waals surface area contributed by atoms with Crippen LogP contribution in [0.15, 0.2) is 18.2 Å². The van der Waals surface area contributed by atoms with E-state index in [2.05, 4.69) is 0 Å². The number of rotatable bonds is 4. The molecule has 3 nitrogen and oxygen atoms in total. The molecule has 5 heteroatoms. The van der Waals surface area contributed by atoms with Gasteiger partial charge in [0, 0.05) is 10.9 Å². The molecule has 1 saturated carbocycles. The molecule has 0 amide bonds. The molecule has 1 fully saturated rings. The summed E-state index contributed by atoms with van der Waals surface area (Å²) in [5.74, 6) is -1.58. The Balaban J connectivity index is 1.89. The van der Waals surface area contributed by atoms with Gasteiger partial charge >= 0.3 is 5.97 Å². The van der Waals surface area contributed by atoms with Crippen molar-refractivity contribution in [2.45, 2.75) is 6.42 Å². The first kappa shape index (κ1) is 11.2. The molecule has 0 aromatic heterocycles. The Kier molecular flexibility index (Phi) is 3.01. The minimum absolute atomic E-state index is 0.00687. The number of ether oxygens (including phenoxy) is 1. The van der Waals surface area contributed by atoms with E-state index in [-0.39, 0.29) is 24.2 Å². The molecule has 86 valence electrons. The van der Waals surface area contributed by atoms with Crippen molar-refractivity contribution in [3.8, 4) is 5.75 Å². The van der Waals surface area contributed by atoms with Crippen LogP contribution < -0.4 is 4.74 Å². The second-order valence-corrected chi connectivity index (χ2v) is 4.26. The van der Waals surface area contributed by atoms with Gasteiger partial charge in [-0.25, -0.2) is 4.39 Å². The molecular formula is C11H10ClFO3. The number of aliphatic carboxylic acids is 1. The third kappa shape index (κ3) is 2.44. The largest absolute Gasteiger partial charge is 0.490 e. The number of carboxylic acid groups (broad SMARTS) is 1. The predicted octanol–water partition coefficient (Wildman–Crippen LogP) is 2.58. The summed E-state index contributed by atoms with van der Waals surface area (Å²) in [6.45, 7) is 0.232. The lowest BCUT2D eigenvalue weighted by molar-refractivity contribution is -0.138. The fourth-order valence-electron chi connectivity index (χ4n) is 1.52. The monoisotopic (exact) mass is 244 g/mol. The standard InChI is InChI=1S/C11H10ClFO3/c12-7-1-2-10(9(13)4-7)16-5-6-3-8(6)11(14)15/h1-2,4,6,8H,3,5H2,(H,14,15)/t6-,8+/m0/s1. The Morgan fingerprint density at radius 1 is 1.62 bits per heavy atom. The summed E-state index contributed by atoms with van der Waals surface area (Å²) in [7, 11) is 0. The molecule has 0 unspecified atom stereocenters. The van der Waals surface area contributed by atoms with Gasteiger partial charge in [0.1, 0.15) is 0 Å². The molecule has 2 atom stereocenters. The minimum atomic E-state index is -0.815. The Bertz CT molecular complexity index is 422. The lowest BCUT2D eigenvalue weighted by atomic mass is 10.3. The zero-order valence-electron chi connectivity index (χ0n) is 8.32. The van der Waals surface area contributed by atoms with Gasteiger partial charge in [0.05, 0.1) is 12.5 Å². The van der Waals surface area contributed by atoms with Gasteiger partial charge in [-0.1, -0.05) is 11.6 Å². The number of halogens is 2. The van der Waals surface area contributed by atoms with Gasteiger partial charge in [-0.2, -0.15) is 0 Å². The highest BCUT2D eigenvalue weighted by atomic mass is 35.5. The second-order valence-electron chi connectivity index (χ2n) is 3.83. The number of carbonyl (C=O) groups is 1. The van der Waals surface area contributed by atoms with Crippen molar-refractivity contribution in [3.05, 3.63) is 29.0 Å². The van der Waals surface area contributed by atoms with E-state index in [1.807, 2.05) is 0 Å². The number of hydrogen-bond donors (Lipinski definition) is 1. The lowest BCUT2D eigenvalue weighted by Crippen LogP contribution is -2.06. The van der Waals surface area contributed by atoms with Gasteiger partial charge in [-0.3, -0.25) is 4.79 Å². The summed E-state index contributed by atoms with van der Waals surface area (Å²) < 4.78 is 18.5. The van der Waals surface area contributed by atoms with Crippen LogP contribution in [0.5, 0.6) is 5.75 Å². The van der Waals surface area contributed by atoms with Crippen LogP contribution in [-0.4, -0.2) is 17.7 Å². The first-order valence-electron chi connectivity index (χ1n) is 4.88. The van der Waals surface area contributed by atoms with Crippen LogP contribution in [-0.2, 0) is 4.79 Å². The van der Waals surface area contributed by atoms with Crippen LogP contribution in [0.1, 0.15) is 6.42 Å². The van der Waals surface area contributed by atoms with Gasteiger partial charge in [-0.15, -0.1) is 0 Å². The summed E-state index contributed by atoms with van der Waals surface area (Å²) in [6.07, 6.45) is 0.602. The SMILES string of the molecule is O=C(O)[C@@H]1C[C@H]1COc1ccc(Cl)cc1F. The molecule has 0 aliphatic heterocycles. The van der Waals surface area contributed by atoms with Gasteiger partial charge in [0.2, 0.25) is 0 Å². The van der Waals surface area contributed by atoms with E-state index < -0.39 is 11.8 Å². The summed E-state index contributed by atoms with van der Waals surface area (Å²) in [4.78, 5) is 10.5. The maximum Gasteiger partial charge on any atom is 0.306 e. The molecule has 1 aliphatic carbocycles.